The summed E-state index contributed by atoms with van der Waals surface area (Å²) in [6.07, 6.45) is 0.760. The van der Waals surface area contributed by atoms with E-state index in [0.29, 0.717) is 12.2 Å². The fourth-order valence-corrected chi connectivity index (χ4v) is 5.60. The van der Waals surface area contributed by atoms with Gasteiger partial charge in [-0.2, -0.15) is 0 Å². The molecule has 1 atom stereocenters. The van der Waals surface area contributed by atoms with Gasteiger partial charge in [0.05, 0.1) is 10.6 Å². The van der Waals surface area contributed by atoms with E-state index in [1.54, 1.807) is 43.3 Å². The van der Waals surface area contributed by atoms with Gasteiger partial charge in [-0.05, 0) is 74.7 Å². The van der Waals surface area contributed by atoms with Gasteiger partial charge in [0.1, 0.15) is 12.6 Å². The van der Waals surface area contributed by atoms with Gasteiger partial charge in [0.15, 0.2) is 0 Å². The summed E-state index contributed by atoms with van der Waals surface area (Å²) in [4.78, 5) is 28.3. The van der Waals surface area contributed by atoms with Crippen molar-refractivity contribution in [2.45, 2.75) is 51.6 Å². The second-order valence-corrected chi connectivity index (χ2v) is 12.0. The zero-order valence-electron chi connectivity index (χ0n) is 22.1. The molecule has 0 radical (unpaired) electrons. The summed E-state index contributed by atoms with van der Waals surface area (Å²) >= 11 is 3.38. The van der Waals surface area contributed by atoms with Crippen molar-refractivity contribution in [3.63, 3.8) is 0 Å². The first kappa shape index (κ1) is 29.4. The van der Waals surface area contributed by atoms with E-state index in [-0.39, 0.29) is 17.3 Å². The summed E-state index contributed by atoms with van der Waals surface area (Å²) in [5.41, 5.74) is 3.13. The fraction of sp³-hybridized carbons (Fsp3) is 0.310. The van der Waals surface area contributed by atoms with Gasteiger partial charge >= 0.3 is 0 Å². The molecular weight excluding hydrogens is 566 g/mol. The van der Waals surface area contributed by atoms with Crippen LogP contribution in [-0.2, 0) is 26.2 Å². The number of nitrogens with zero attached hydrogens (tertiary/aromatic N) is 2. The Morgan fingerprint density at radius 2 is 1.58 bits per heavy atom. The number of carbonyl (C=O) groups excluding carboxylic acids is 2. The molecule has 0 aliphatic rings. The third-order valence-electron chi connectivity index (χ3n) is 6.32. The largest absolute Gasteiger partial charge is 0.354 e. The molecule has 0 saturated heterocycles. The average molecular weight is 601 g/mol. The molecule has 0 fully saturated rings. The highest BCUT2D eigenvalue weighted by Gasteiger charge is 2.32. The third-order valence-corrected chi connectivity index (χ3v) is 8.64. The van der Waals surface area contributed by atoms with E-state index < -0.39 is 28.5 Å². The molecule has 3 aromatic carbocycles. The predicted molar refractivity (Wildman–Crippen MR) is 154 cm³/mol. The second-order valence-electron chi connectivity index (χ2n) is 9.22. The quantitative estimate of drug-likeness (QED) is 0.328. The van der Waals surface area contributed by atoms with Crippen LogP contribution in [0.5, 0.6) is 0 Å². The Bertz CT molecular complexity index is 1360. The highest BCUT2D eigenvalue weighted by Crippen LogP contribution is 2.26. The summed E-state index contributed by atoms with van der Waals surface area (Å²) in [5.74, 6) is -0.767. The number of anilines is 1. The van der Waals surface area contributed by atoms with Crippen LogP contribution in [0.1, 0.15) is 37.0 Å². The van der Waals surface area contributed by atoms with Gasteiger partial charge < -0.3 is 10.2 Å². The molecule has 0 aliphatic carbocycles. The van der Waals surface area contributed by atoms with Crippen LogP contribution in [0.4, 0.5) is 5.69 Å². The number of hydrogen-bond donors (Lipinski definition) is 1. The summed E-state index contributed by atoms with van der Waals surface area (Å²) in [5, 5.41) is 2.85. The van der Waals surface area contributed by atoms with E-state index in [4.69, 9.17) is 0 Å². The Morgan fingerprint density at radius 1 is 0.947 bits per heavy atom. The van der Waals surface area contributed by atoms with Gasteiger partial charge in [0, 0.05) is 17.6 Å². The van der Waals surface area contributed by atoms with Crippen molar-refractivity contribution in [3.05, 3.63) is 94.0 Å². The first-order valence-electron chi connectivity index (χ1n) is 12.5. The fourth-order valence-electron chi connectivity index (χ4n) is 3.92. The Labute approximate surface area is 234 Å². The molecule has 7 nitrogen and oxygen atoms in total. The number of hydrogen-bond acceptors (Lipinski definition) is 4. The van der Waals surface area contributed by atoms with Crippen LogP contribution < -0.4 is 9.62 Å². The summed E-state index contributed by atoms with van der Waals surface area (Å²) in [6.45, 7) is 7.63. The number of benzene rings is 3. The van der Waals surface area contributed by atoms with Gasteiger partial charge in [-0.3, -0.25) is 13.9 Å². The first-order valence-corrected chi connectivity index (χ1v) is 14.7. The van der Waals surface area contributed by atoms with E-state index in [0.717, 1.165) is 31.9 Å². The average Bonchev–Trinajstić information content (AvgIpc) is 2.90. The minimum absolute atomic E-state index is 0.0815. The third kappa shape index (κ3) is 7.23. The second kappa shape index (κ2) is 13.1. The van der Waals surface area contributed by atoms with Crippen LogP contribution in [0.2, 0.25) is 0 Å². The lowest BCUT2D eigenvalue weighted by Crippen LogP contribution is -2.51. The number of rotatable bonds is 11. The van der Waals surface area contributed by atoms with Crippen molar-refractivity contribution >= 4 is 43.5 Å². The van der Waals surface area contributed by atoms with Gasteiger partial charge in [0.2, 0.25) is 11.8 Å². The van der Waals surface area contributed by atoms with Crippen LogP contribution in [0, 0.1) is 13.8 Å². The molecule has 0 aliphatic heterocycles. The van der Waals surface area contributed by atoms with Crippen molar-refractivity contribution in [1.82, 2.24) is 10.2 Å². The van der Waals surface area contributed by atoms with Crippen molar-refractivity contribution < 1.29 is 18.0 Å². The molecule has 0 bridgehead atoms. The van der Waals surface area contributed by atoms with Crippen molar-refractivity contribution in [3.8, 4) is 0 Å². The lowest BCUT2D eigenvalue weighted by Gasteiger charge is -2.32. The van der Waals surface area contributed by atoms with Crippen LogP contribution in [0.3, 0.4) is 0 Å². The number of sulfonamides is 1. The Balaban J connectivity index is 2.02. The molecule has 1 N–H and O–H groups in total. The monoisotopic (exact) mass is 599 g/mol. The molecule has 0 heterocycles. The zero-order chi connectivity index (χ0) is 27.9. The van der Waals surface area contributed by atoms with Crippen LogP contribution in [0.25, 0.3) is 0 Å². The van der Waals surface area contributed by atoms with Crippen LogP contribution >= 0.6 is 15.9 Å². The number of carbonyl (C=O) groups is 2. The molecular formula is C29H34BrN3O4S. The predicted octanol–water partition coefficient (Wildman–Crippen LogP) is 5.20. The molecule has 38 heavy (non-hydrogen) atoms. The minimum atomic E-state index is -4.08. The lowest BCUT2D eigenvalue weighted by atomic mass is 10.1. The topological polar surface area (TPSA) is 86.8 Å². The summed E-state index contributed by atoms with van der Waals surface area (Å²) in [6, 6.07) is 20.1. The van der Waals surface area contributed by atoms with Gasteiger partial charge in [-0.1, -0.05) is 64.8 Å². The van der Waals surface area contributed by atoms with Crippen LogP contribution in [0.15, 0.2) is 82.2 Å². The maximum absolute atomic E-state index is 13.9. The van der Waals surface area contributed by atoms with E-state index in [1.165, 1.54) is 17.0 Å². The van der Waals surface area contributed by atoms with E-state index >= 15 is 0 Å². The minimum Gasteiger partial charge on any atom is -0.354 e. The Kier molecular flexibility index (Phi) is 10.1. The zero-order valence-corrected chi connectivity index (χ0v) is 24.6. The number of amides is 2. The van der Waals surface area contributed by atoms with Crippen molar-refractivity contribution in [2.75, 3.05) is 17.4 Å². The van der Waals surface area contributed by atoms with E-state index in [1.807, 2.05) is 45.0 Å². The molecule has 202 valence electrons. The van der Waals surface area contributed by atoms with Crippen molar-refractivity contribution in [1.29, 1.82) is 0 Å². The smallest absolute Gasteiger partial charge is 0.264 e. The number of nitrogens with one attached hydrogen (secondary N) is 1. The van der Waals surface area contributed by atoms with Gasteiger partial charge in [-0.25, -0.2) is 8.42 Å². The molecule has 0 saturated carbocycles. The molecule has 3 aromatic rings. The van der Waals surface area contributed by atoms with Crippen LogP contribution in [-0.4, -0.2) is 44.3 Å². The molecule has 2 amide bonds. The van der Waals surface area contributed by atoms with E-state index in [9.17, 15) is 18.0 Å². The van der Waals surface area contributed by atoms with Gasteiger partial charge in [-0.15, -0.1) is 0 Å². The maximum Gasteiger partial charge on any atom is 0.264 e. The first-order chi connectivity index (χ1) is 18.0. The molecule has 3 rings (SSSR count). The molecule has 9 heteroatoms. The van der Waals surface area contributed by atoms with E-state index in [2.05, 4.69) is 21.2 Å². The number of halogens is 1. The normalized spacial score (nSPS) is 12.0. The molecule has 0 unspecified atom stereocenters. The molecule has 0 spiro atoms. The highest BCUT2D eigenvalue weighted by molar-refractivity contribution is 9.10. The van der Waals surface area contributed by atoms with Crippen molar-refractivity contribution in [2.24, 2.45) is 0 Å². The highest BCUT2D eigenvalue weighted by atomic mass is 79.9. The standard InChI is InChI=1S/C29H34BrN3O4S/c1-5-18-31-29(35)23(4)32(19-24-9-7-6-8-22(24)3)28(34)20-33(26-14-12-25(30)13-15-26)38(36,37)27-16-10-21(2)11-17-27/h6-17,23H,5,18-20H2,1-4H3,(H,31,35)/t23-/m0/s1. The van der Waals surface area contributed by atoms with Gasteiger partial charge in [0.25, 0.3) is 10.0 Å². The SMILES string of the molecule is CCCNC(=O)[C@H](C)N(Cc1ccccc1C)C(=O)CN(c1ccc(Br)cc1)S(=O)(=O)c1ccc(C)cc1. The summed E-state index contributed by atoms with van der Waals surface area (Å²) < 4.78 is 29.5. The molecule has 0 aromatic heterocycles. The lowest BCUT2D eigenvalue weighted by molar-refractivity contribution is -0.139. The number of aryl methyl sites for hydroxylation is 2. The Hall–Kier alpha value is -3.17. The maximum atomic E-state index is 13.9. The Morgan fingerprint density at radius 3 is 2.18 bits per heavy atom. The summed E-state index contributed by atoms with van der Waals surface area (Å²) in [7, 11) is -4.08.